The third kappa shape index (κ3) is 4.13. The molecule has 166 valence electrons. The summed E-state index contributed by atoms with van der Waals surface area (Å²) in [5, 5.41) is 4.99. The molecular formula is C24H25N3O4S. The normalized spacial score (nSPS) is 11.6. The van der Waals surface area contributed by atoms with E-state index in [1.54, 1.807) is 24.3 Å². The molecule has 0 spiro atoms. The number of para-hydroxylation sites is 1. The second-order valence-electron chi connectivity index (χ2n) is 7.51. The van der Waals surface area contributed by atoms with Crippen LogP contribution in [0.3, 0.4) is 0 Å². The van der Waals surface area contributed by atoms with Gasteiger partial charge in [-0.1, -0.05) is 18.2 Å². The number of carbonyl (C=O) groups is 1. The molecule has 0 unspecified atom stereocenters. The molecule has 8 heteroatoms. The summed E-state index contributed by atoms with van der Waals surface area (Å²) < 4.78 is 33.1. The molecule has 32 heavy (non-hydrogen) atoms. The second-order valence-corrected chi connectivity index (χ2v) is 9.42. The number of hydrogen-bond donors (Lipinski definition) is 1. The fraction of sp³-hybridized carbons (Fsp3) is 0.208. The predicted octanol–water partition coefficient (Wildman–Crippen LogP) is 4.23. The van der Waals surface area contributed by atoms with Crippen LogP contribution in [0.4, 0.5) is 11.4 Å². The van der Waals surface area contributed by atoms with E-state index in [0.717, 1.165) is 38.9 Å². The lowest BCUT2D eigenvalue weighted by atomic mass is 10.1. The Morgan fingerprint density at radius 3 is 2.34 bits per heavy atom. The first kappa shape index (κ1) is 21.7. The van der Waals surface area contributed by atoms with E-state index in [4.69, 9.17) is 4.74 Å². The first-order valence-corrected chi connectivity index (χ1v) is 12.1. The summed E-state index contributed by atoms with van der Waals surface area (Å²) in [6, 6.07) is 20.4. The van der Waals surface area contributed by atoms with Crippen molar-refractivity contribution < 1.29 is 17.9 Å². The van der Waals surface area contributed by atoms with Crippen molar-refractivity contribution in [3.05, 3.63) is 66.7 Å². The highest BCUT2D eigenvalue weighted by molar-refractivity contribution is 7.92. The van der Waals surface area contributed by atoms with Crippen molar-refractivity contribution in [1.29, 1.82) is 0 Å². The van der Waals surface area contributed by atoms with Crippen LogP contribution in [0, 0.1) is 0 Å². The van der Waals surface area contributed by atoms with Crippen LogP contribution >= 0.6 is 0 Å². The standard InChI is InChI=1S/C24H25N3O4S/c1-4-26-22-8-6-5-7-20(22)21-15-17(9-14-23(21)26)25-24(28)16-27(32(3,29)30)18-10-12-19(31-2)13-11-18/h5-15H,4,16H2,1-3H3,(H,25,28). The Morgan fingerprint density at radius 1 is 1.00 bits per heavy atom. The smallest absolute Gasteiger partial charge is 0.245 e. The summed E-state index contributed by atoms with van der Waals surface area (Å²) in [6.45, 7) is 2.60. The van der Waals surface area contributed by atoms with Crippen molar-refractivity contribution in [3.8, 4) is 5.75 Å². The Labute approximate surface area is 187 Å². The van der Waals surface area contributed by atoms with Crippen LogP contribution in [-0.4, -0.2) is 38.8 Å². The lowest BCUT2D eigenvalue weighted by Crippen LogP contribution is -2.37. The molecule has 1 aromatic heterocycles. The summed E-state index contributed by atoms with van der Waals surface area (Å²) in [4.78, 5) is 12.8. The molecule has 3 aromatic carbocycles. The molecule has 1 heterocycles. The van der Waals surface area contributed by atoms with Gasteiger partial charge in [-0.3, -0.25) is 9.10 Å². The number of carbonyl (C=O) groups excluding carboxylic acids is 1. The Bertz CT molecular complexity index is 1390. The van der Waals surface area contributed by atoms with Crippen LogP contribution in [0.5, 0.6) is 5.75 Å². The van der Waals surface area contributed by atoms with Crippen molar-refractivity contribution in [2.75, 3.05) is 29.5 Å². The van der Waals surface area contributed by atoms with Crippen LogP contribution in [-0.2, 0) is 21.4 Å². The minimum absolute atomic E-state index is 0.333. The van der Waals surface area contributed by atoms with E-state index in [1.165, 1.54) is 7.11 Å². The van der Waals surface area contributed by atoms with Gasteiger partial charge in [0.1, 0.15) is 12.3 Å². The summed E-state index contributed by atoms with van der Waals surface area (Å²) in [5.41, 5.74) is 3.23. The van der Waals surface area contributed by atoms with Gasteiger partial charge in [-0.05, 0) is 55.5 Å². The lowest BCUT2D eigenvalue weighted by molar-refractivity contribution is -0.114. The highest BCUT2D eigenvalue weighted by Gasteiger charge is 2.21. The van der Waals surface area contributed by atoms with Gasteiger partial charge in [-0.25, -0.2) is 8.42 Å². The lowest BCUT2D eigenvalue weighted by Gasteiger charge is -2.22. The maximum absolute atomic E-state index is 12.8. The largest absolute Gasteiger partial charge is 0.497 e. The number of hydrogen-bond acceptors (Lipinski definition) is 4. The van der Waals surface area contributed by atoms with Crippen molar-refractivity contribution in [2.24, 2.45) is 0 Å². The number of fused-ring (bicyclic) bond motifs is 3. The highest BCUT2D eigenvalue weighted by atomic mass is 32.2. The molecule has 0 fully saturated rings. The summed E-state index contributed by atoms with van der Waals surface area (Å²) >= 11 is 0. The number of rotatable bonds is 7. The fourth-order valence-corrected chi connectivity index (χ4v) is 4.81. The molecule has 0 atom stereocenters. The zero-order valence-electron chi connectivity index (χ0n) is 18.2. The number of aryl methyl sites for hydroxylation is 1. The summed E-state index contributed by atoms with van der Waals surface area (Å²) in [6.07, 6.45) is 1.08. The third-order valence-corrected chi connectivity index (χ3v) is 6.56. The zero-order valence-corrected chi connectivity index (χ0v) is 19.0. The van der Waals surface area contributed by atoms with Gasteiger partial charge < -0.3 is 14.6 Å². The van der Waals surface area contributed by atoms with Gasteiger partial charge in [-0.15, -0.1) is 0 Å². The average Bonchev–Trinajstić information content (AvgIpc) is 3.10. The van der Waals surface area contributed by atoms with E-state index in [9.17, 15) is 13.2 Å². The average molecular weight is 452 g/mol. The fourth-order valence-electron chi connectivity index (χ4n) is 3.95. The van der Waals surface area contributed by atoms with Crippen molar-refractivity contribution in [2.45, 2.75) is 13.5 Å². The Morgan fingerprint density at radius 2 is 1.69 bits per heavy atom. The molecule has 4 rings (SSSR count). The van der Waals surface area contributed by atoms with Gasteiger partial charge >= 0.3 is 0 Å². The number of methoxy groups -OCH3 is 1. The number of amides is 1. The monoisotopic (exact) mass is 451 g/mol. The van der Waals surface area contributed by atoms with Crippen LogP contribution in [0.1, 0.15) is 6.92 Å². The maximum Gasteiger partial charge on any atom is 0.245 e. The zero-order chi connectivity index (χ0) is 22.9. The topological polar surface area (TPSA) is 80.6 Å². The van der Waals surface area contributed by atoms with Crippen molar-refractivity contribution in [1.82, 2.24) is 4.57 Å². The SMILES string of the molecule is CCn1c2ccccc2c2cc(NC(=O)CN(c3ccc(OC)cc3)S(C)(=O)=O)ccc21. The van der Waals surface area contributed by atoms with Gasteiger partial charge in [-0.2, -0.15) is 0 Å². The second kappa shape index (κ2) is 8.55. The molecule has 0 aliphatic rings. The molecule has 7 nitrogen and oxygen atoms in total. The van der Waals surface area contributed by atoms with E-state index >= 15 is 0 Å². The molecule has 0 bridgehead atoms. The Kier molecular flexibility index (Phi) is 5.80. The molecule has 0 saturated carbocycles. The van der Waals surface area contributed by atoms with Crippen molar-refractivity contribution >= 4 is 49.1 Å². The number of benzene rings is 3. The van der Waals surface area contributed by atoms with E-state index in [0.29, 0.717) is 17.1 Å². The molecule has 1 amide bonds. The van der Waals surface area contributed by atoms with Crippen LogP contribution in [0.25, 0.3) is 21.8 Å². The molecular weight excluding hydrogens is 426 g/mol. The first-order chi connectivity index (χ1) is 15.3. The van der Waals surface area contributed by atoms with Gasteiger partial charge in [0.25, 0.3) is 0 Å². The first-order valence-electron chi connectivity index (χ1n) is 10.2. The minimum atomic E-state index is -3.66. The predicted molar refractivity (Wildman–Crippen MR) is 129 cm³/mol. The molecule has 0 radical (unpaired) electrons. The van der Waals surface area contributed by atoms with Gasteiger partial charge in [0.15, 0.2) is 0 Å². The number of nitrogens with one attached hydrogen (secondary N) is 1. The highest BCUT2D eigenvalue weighted by Crippen LogP contribution is 2.31. The number of nitrogens with zero attached hydrogens (tertiary/aromatic N) is 2. The molecule has 1 N–H and O–H groups in total. The molecule has 0 aliphatic carbocycles. The van der Waals surface area contributed by atoms with Crippen LogP contribution < -0.4 is 14.4 Å². The number of ether oxygens (including phenoxy) is 1. The molecule has 0 aliphatic heterocycles. The van der Waals surface area contributed by atoms with Gasteiger partial charge in [0, 0.05) is 34.0 Å². The number of anilines is 2. The van der Waals surface area contributed by atoms with Crippen molar-refractivity contribution in [3.63, 3.8) is 0 Å². The Balaban J connectivity index is 1.61. The quantitative estimate of drug-likeness (QED) is 0.456. The minimum Gasteiger partial charge on any atom is -0.497 e. The van der Waals surface area contributed by atoms with Gasteiger partial charge in [0.05, 0.1) is 19.1 Å². The summed E-state index contributed by atoms with van der Waals surface area (Å²) in [5.74, 6) is 0.177. The van der Waals surface area contributed by atoms with E-state index in [1.807, 2.05) is 30.3 Å². The molecule has 0 saturated heterocycles. The van der Waals surface area contributed by atoms with E-state index in [-0.39, 0.29) is 6.54 Å². The van der Waals surface area contributed by atoms with Crippen LogP contribution in [0.15, 0.2) is 66.7 Å². The number of aromatic nitrogens is 1. The van der Waals surface area contributed by atoms with E-state index < -0.39 is 15.9 Å². The maximum atomic E-state index is 12.8. The van der Waals surface area contributed by atoms with Gasteiger partial charge in [0.2, 0.25) is 15.9 Å². The van der Waals surface area contributed by atoms with E-state index in [2.05, 4.69) is 28.9 Å². The van der Waals surface area contributed by atoms with Crippen LogP contribution in [0.2, 0.25) is 0 Å². The third-order valence-electron chi connectivity index (χ3n) is 5.42. The molecule has 4 aromatic rings. The Hall–Kier alpha value is -3.52. The summed E-state index contributed by atoms with van der Waals surface area (Å²) in [7, 11) is -2.13. The number of sulfonamides is 1.